The Hall–Kier alpha value is -7.16. The largest absolute Gasteiger partial charge is 0.333 e. The van der Waals surface area contributed by atoms with Crippen molar-refractivity contribution in [2.24, 2.45) is 0 Å². The molecule has 2 heteroatoms. The summed E-state index contributed by atoms with van der Waals surface area (Å²) in [6.45, 7) is 0. The van der Waals surface area contributed by atoms with Crippen molar-refractivity contribution in [1.82, 2.24) is 4.57 Å². The number of anilines is 2. The SMILES string of the molecule is C1=CC2c3cc(-c4ccc5c(c4)c4c(-c6ccccc6)cc(-c6ccccc6)cc4n5-c4ccccc4)ccc3N(c3ccc4c(c3)C3(CCCC3)c3ccccc3-4)C2C=C1. The van der Waals surface area contributed by atoms with Gasteiger partial charge in [0, 0.05) is 39.2 Å². The molecule has 0 N–H and O–H groups in total. The third-order valence-corrected chi connectivity index (χ3v) is 14.4. The van der Waals surface area contributed by atoms with Gasteiger partial charge in [-0.25, -0.2) is 0 Å². The molecule has 2 nitrogen and oxygen atoms in total. The van der Waals surface area contributed by atoms with Crippen LogP contribution in [-0.2, 0) is 5.41 Å². The fraction of sp³-hybridized carbons (Fsp3) is 0.119. The minimum atomic E-state index is 0.141. The summed E-state index contributed by atoms with van der Waals surface area (Å²) in [6.07, 6.45) is 14.4. The molecule has 8 aromatic carbocycles. The summed E-state index contributed by atoms with van der Waals surface area (Å²) in [6, 6.07) is 68.6. The Morgan fingerprint density at radius 1 is 0.443 bits per heavy atom. The van der Waals surface area contributed by atoms with Gasteiger partial charge in [0.25, 0.3) is 0 Å². The van der Waals surface area contributed by atoms with Gasteiger partial charge in [0.15, 0.2) is 0 Å². The highest BCUT2D eigenvalue weighted by Crippen LogP contribution is 2.58. The van der Waals surface area contributed by atoms with Gasteiger partial charge in [-0.2, -0.15) is 0 Å². The topological polar surface area (TPSA) is 8.17 Å². The van der Waals surface area contributed by atoms with Crippen LogP contribution in [0.5, 0.6) is 0 Å². The Bertz CT molecular complexity index is 3250. The van der Waals surface area contributed by atoms with Gasteiger partial charge in [0.2, 0.25) is 0 Å². The molecular weight excluding hydrogens is 737 g/mol. The van der Waals surface area contributed by atoms with E-state index in [4.69, 9.17) is 0 Å². The first-order valence-electron chi connectivity index (χ1n) is 22.1. The molecule has 13 rings (SSSR count). The number of benzene rings is 8. The third kappa shape index (κ3) is 5.15. The molecule has 61 heavy (non-hydrogen) atoms. The van der Waals surface area contributed by atoms with Gasteiger partial charge < -0.3 is 9.47 Å². The summed E-state index contributed by atoms with van der Waals surface area (Å²) in [7, 11) is 0. The summed E-state index contributed by atoms with van der Waals surface area (Å²) in [4.78, 5) is 2.63. The Labute approximate surface area is 357 Å². The first kappa shape index (κ1) is 34.7. The lowest BCUT2D eigenvalue weighted by molar-refractivity contribution is 0.550. The van der Waals surface area contributed by atoms with Crippen LogP contribution < -0.4 is 4.90 Å². The molecule has 1 aliphatic heterocycles. The van der Waals surface area contributed by atoms with Crippen LogP contribution >= 0.6 is 0 Å². The standard InChI is InChI=1S/C59H44N2/c1-4-16-39(17-5-1)43-36-49(40-18-6-2-7-19-40)58-51-35-42(27-31-56(51)60(57(58)37-43)44-20-8-3-9-21-44)41-26-30-55-50(34-41)48-23-11-13-25-54(48)61(55)45-28-29-47-46-22-10-12-24-52(46)59(53(47)38-45)32-14-15-33-59/h1-13,16-31,34-38,48,54H,14-15,32-33H2. The summed E-state index contributed by atoms with van der Waals surface area (Å²) in [5, 5.41) is 2.54. The van der Waals surface area contributed by atoms with Crippen LogP contribution in [0.2, 0.25) is 0 Å². The quantitative estimate of drug-likeness (QED) is 0.169. The fourth-order valence-electron chi connectivity index (χ4n) is 11.8. The lowest BCUT2D eigenvalue weighted by Crippen LogP contribution is -2.29. The fourth-order valence-corrected chi connectivity index (χ4v) is 11.8. The predicted molar refractivity (Wildman–Crippen MR) is 255 cm³/mol. The van der Waals surface area contributed by atoms with Gasteiger partial charge in [0.05, 0.1) is 17.1 Å². The molecule has 4 aliphatic rings. The second-order valence-electron chi connectivity index (χ2n) is 17.5. The monoisotopic (exact) mass is 780 g/mol. The van der Waals surface area contributed by atoms with Gasteiger partial charge in [-0.1, -0.05) is 158 Å². The molecule has 1 saturated carbocycles. The van der Waals surface area contributed by atoms with Crippen molar-refractivity contribution < 1.29 is 0 Å². The van der Waals surface area contributed by atoms with Gasteiger partial charge in [-0.05, 0) is 135 Å². The molecule has 0 saturated heterocycles. The highest BCUT2D eigenvalue weighted by Gasteiger charge is 2.46. The van der Waals surface area contributed by atoms with Crippen LogP contribution in [0.15, 0.2) is 206 Å². The zero-order chi connectivity index (χ0) is 40.1. The van der Waals surface area contributed by atoms with Crippen molar-refractivity contribution in [2.45, 2.75) is 43.1 Å². The zero-order valence-corrected chi connectivity index (χ0v) is 34.0. The maximum Gasteiger partial charge on any atom is 0.0629 e. The van der Waals surface area contributed by atoms with Crippen LogP contribution in [0, 0.1) is 0 Å². The van der Waals surface area contributed by atoms with E-state index in [9.17, 15) is 0 Å². The molecule has 2 heterocycles. The van der Waals surface area contributed by atoms with E-state index >= 15 is 0 Å². The Kier molecular flexibility index (Phi) is 7.63. The van der Waals surface area contributed by atoms with Crippen molar-refractivity contribution in [3.63, 3.8) is 0 Å². The van der Waals surface area contributed by atoms with Crippen LogP contribution in [-0.4, -0.2) is 10.6 Å². The van der Waals surface area contributed by atoms with Gasteiger partial charge in [-0.15, -0.1) is 0 Å². The minimum Gasteiger partial charge on any atom is -0.333 e. The third-order valence-electron chi connectivity index (χ3n) is 14.4. The minimum absolute atomic E-state index is 0.141. The Morgan fingerprint density at radius 3 is 1.95 bits per heavy atom. The Morgan fingerprint density at radius 2 is 1.13 bits per heavy atom. The Balaban J connectivity index is 0.979. The smallest absolute Gasteiger partial charge is 0.0629 e. The number of aromatic nitrogens is 1. The van der Waals surface area contributed by atoms with E-state index < -0.39 is 0 Å². The average molecular weight is 781 g/mol. The second-order valence-corrected chi connectivity index (χ2v) is 17.5. The first-order chi connectivity index (χ1) is 30.2. The van der Waals surface area contributed by atoms with E-state index in [-0.39, 0.29) is 17.4 Å². The normalized spacial score (nSPS) is 17.9. The maximum absolute atomic E-state index is 2.63. The van der Waals surface area contributed by atoms with Crippen LogP contribution in [0.3, 0.4) is 0 Å². The summed E-state index contributed by atoms with van der Waals surface area (Å²) in [5.41, 5.74) is 21.1. The number of nitrogens with zero attached hydrogens (tertiary/aromatic N) is 2. The molecule has 9 aromatic rings. The van der Waals surface area contributed by atoms with Crippen LogP contribution in [0.1, 0.15) is 48.3 Å². The molecule has 0 bridgehead atoms. The lowest BCUT2D eigenvalue weighted by Gasteiger charge is -2.31. The van der Waals surface area contributed by atoms with Crippen molar-refractivity contribution in [3.05, 3.63) is 223 Å². The highest BCUT2D eigenvalue weighted by molar-refractivity contribution is 6.17. The molecular formula is C59H44N2. The van der Waals surface area contributed by atoms with E-state index in [0.717, 1.165) is 5.69 Å². The van der Waals surface area contributed by atoms with Crippen molar-refractivity contribution in [2.75, 3.05) is 4.90 Å². The van der Waals surface area contributed by atoms with Gasteiger partial charge in [-0.3, -0.25) is 0 Å². The van der Waals surface area contributed by atoms with E-state index in [1.54, 1.807) is 5.56 Å². The molecule has 1 fully saturated rings. The second kappa shape index (κ2) is 13.4. The molecule has 2 atom stereocenters. The van der Waals surface area contributed by atoms with Crippen molar-refractivity contribution >= 4 is 33.2 Å². The van der Waals surface area contributed by atoms with Gasteiger partial charge in [0.1, 0.15) is 0 Å². The van der Waals surface area contributed by atoms with Gasteiger partial charge >= 0.3 is 0 Å². The van der Waals surface area contributed by atoms with E-state index in [0.29, 0.717) is 0 Å². The molecule has 0 amide bonds. The molecule has 0 radical (unpaired) electrons. The van der Waals surface area contributed by atoms with Crippen LogP contribution in [0.4, 0.5) is 11.4 Å². The zero-order valence-electron chi connectivity index (χ0n) is 34.0. The summed E-state index contributed by atoms with van der Waals surface area (Å²) >= 11 is 0. The van der Waals surface area contributed by atoms with Crippen molar-refractivity contribution in [3.8, 4) is 50.2 Å². The average Bonchev–Trinajstić information content (AvgIpc) is 4.10. The molecule has 2 unspecified atom stereocenters. The highest BCUT2D eigenvalue weighted by atomic mass is 15.2. The van der Waals surface area contributed by atoms with Crippen LogP contribution in [0.25, 0.3) is 72.0 Å². The number of rotatable bonds is 5. The molecule has 1 aromatic heterocycles. The molecule has 1 spiro atoms. The number of para-hydroxylation sites is 1. The van der Waals surface area contributed by atoms with Crippen molar-refractivity contribution in [1.29, 1.82) is 0 Å². The number of hydrogen-bond donors (Lipinski definition) is 0. The lowest BCUT2D eigenvalue weighted by atomic mass is 9.76. The molecule has 3 aliphatic carbocycles. The first-order valence-corrected chi connectivity index (χ1v) is 22.1. The summed E-state index contributed by atoms with van der Waals surface area (Å²) < 4.78 is 2.46. The number of hydrogen-bond acceptors (Lipinski definition) is 1. The predicted octanol–water partition coefficient (Wildman–Crippen LogP) is 15.4. The summed E-state index contributed by atoms with van der Waals surface area (Å²) in [5.74, 6) is 0.274. The van der Waals surface area contributed by atoms with E-state index in [2.05, 4.69) is 216 Å². The van der Waals surface area contributed by atoms with E-state index in [1.807, 2.05) is 0 Å². The number of allylic oxidation sites excluding steroid dienone is 2. The maximum atomic E-state index is 2.63. The molecule has 290 valence electrons. The number of fused-ring (bicyclic) bond motifs is 11. The van der Waals surface area contributed by atoms with E-state index in [1.165, 1.54) is 114 Å².